The van der Waals surface area contributed by atoms with Crippen molar-refractivity contribution in [2.45, 2.75) is 32.2 Å². The number of rotatable bonds is 7. The van der Waals surface area contributed by atoms with Crippen LogP contribution < -0.4 is 10.6 Å². The maximum absolute atomic E-state index is 11.8. The van der Waals surface area contributed by atoms with Gasteiger partial charge in [-0.25, -0.2) is 4.79 Å². The zero-order valence-corrected chi connectivity index (χ0v) is 12.0. The highest BCUT2D eigenvalue weighted by Gasteiger charge is 2.36. The first kappa shape index (κ1) is 14.8. The molecule has 2 N–H and O–H groups in total. The summed E-state index contributed by atoms with van der Waals surface area (Å²) in [6.45, 7) is 1.94. The number of carbonyl (C=O) groups is 1. The number of methoxy groups -OCH3 is 1. The summed E-state index contributed by atoms with van der Waals surface area (Å²) in [6.07, 6.45) is 6.35. The van der Waals surface area contributed by atoms with Crippen LogP contribution in [0.2, 0.25) is 0 Å². The molecule has 0 spiro atoms. The van der Waals surface area contributed by atoms with E-state index in [2.05, 4.69) is 15.6 Å². The Kier molecular flexibility index (Phi) is 5.35. The molecule has 0 atom stereocenters. The van der Waals surface area contributed by atoms with Gasteiger partial charge in [0.05, 0.1) is 12.2 Å². The molecule has 5 heteroatoms. The molecule has 1 aromatic rings. The number of nitrogens with one attached hydrogen (secondary N) is 2. The number of aromatic nitrogens is 1. The zero-order valence-electron chi connectivity index (χ0n) is 12.0. The summed E-state index contributed by atoms with van der Waals surface area (Å²) >= 11 is 0. The monoisotopic (exact) mass is 277 g/mol. The lowest BCUT2D eigenvalue weighted by Crippen LogP contribution is -2.46. The van der Waals surface area contributed by atoms with Gasteiger partial charge in [-0.1, -0.05) is 12.5 Å². The number of carbonyl (C=O) groups excluding carboxylic acids is 1. The van der Waals surface area contributed by atoms with Crippen molar-refractivity contribution in [2.75, 3.05) is 20.3 Å². The normalized spacial score (nSPS) is 16.2. The van der Waals surface area contributed by atoms with E-state index in [0.717, 1.165) is 25.3 Å². The van der Waals surface area contributed by atoms with Crippen LogP contribution in [-0.2, 0) is 11.3 Å². The van der Waals surface area contributed by atoms with Crippen molar-refractivity contribution >= 4 is 6.03 Å². The molecule has 0 aliphatic heterocycles. The van der Waals surface area contributed by atoms with Crippen molar-refractivity contribution in [1.82, 2.24) is 15.6 Å². The van der Waals surface area contributed by atoms with Gasteiger partial charge in [0, 0.05) is 26.5 Å². The van der Waals surface area contributed by atoms with E-state index in [1.54, 1.807) is 13.3 Å². The van der Waals surface area contributed by atoms with E-state index in [4.69, 9.17) is 4.74 Å². The molecule has 5 nitrogen and oxygen atoms in total. The third kappa shape index (κ3) is 4.20. The first-order valence-electron chi connectivity index (χ1n) is 7.15. The Morgan fingerprint density at radius 2 is 2.25 bits per heavy atom. The summed E-state index contributed by atoms with van der Waals surface area (Å²) in [5, 5.41) is 5.80. The van der Waals surface area contributed by atoms with Gasteiger partial charge >= 0.3 is 6.03 Å². The number of ether oxygens (including phenoxy) is 1. The van der Waals surface area contributed by atoms with Crippen LogP contribution in [0, 0.1) is 5.41 Å². The van der Waals surface area contributed by atoms with E-state index in [9.17, 15) is 4.79 Å². The Balaban J connectivity index is 1.69. The van der Waals surface area contributed by atoms with E-state index in [1.807, 2.05) is 18.2 Å². The highest BCUT2D eigenvalue weighted by molar-refractivity contribution is 5.73. The van der Waals surface area contributed by atoms with Gasteiger partial charge in [0.15, 0.2) is 0 Å². The number of pyridine rings is 1. The van der Waals surface area contributed by atoms with Crippen LogP contribution in [0.25, 0.3) is 0 Å². The van der Waals surface area contributed by atoms with E-state index in [0.29, 0.717) is 6.54 Å². The maximum Gasteiger partial charge on any atom is 0.315 e. The molecular formula is C15H23N3O2. The summed E-state index contributed by atoms with van der Waals surface area (Å²) in [5.74, 6) is 0. The van der Waals surface area contributed by atoms with Crippen LogP contribution in [0.1, 0.15) is 31.4 Å². The molecule has 1 aromatic heterocycles. The summed E-state index contributed by atoms with van der Waals surface area (Å²) in [4.78, 5) is 16.0. The third-order valence-electron chi connectivity index (χ3n) is 4.03. The van der Waals surface area contributed by atoms with Crippen molar-refractivity contribution in [2.24, 2.45) is 5.41 Å². The fourth-order valence-corrected chi connectivity index (χ4v) is 2.51. The lowest BCUT2D eigenvalue weighted by Gasteiger charge is -2.42. The summed E-state index contributed by atoms with van der Waals surface area (Å²) in [7, 11) is 1.72. The van der Waals surface area contributed by atoms with E-state index in [-0.39, 0.29) is 11.4 Å². The number of urea groups is 1. The van der Waals surface area contributed by atoms with Crippen molar-refractivity contribution in [3.63, 3.8) is 0 Å². The molecule has 1 aliphatic carbocycles. The second kappa shape index (κ2) is 7.24. The third-order valence-corrected chi connectivity index (χ3v) is 4.03. The average molecular weight is 277 g/mol. The van der Waals surface area contributed by atoms with Gasteiger partial charge in [-0.15, -0.1) is 0 Å². The van der Waals surface area contributed by atoms with Crippen molar-refractivity contribution in [3.8, 4) is 0 Å². The van der Waals surface area contributed by atoms with Gasteiger partial charge in [-0.2, -0.15) is 0 Å². The molecule has 0 radical (unpaired) electrons. The topological polar surface area (TPSA) is 63.2 Å². The van der Waals surface area contributed by atoms with E-state index < -0.39 is 0 Å². The lowest BCUT2D eigenvalue weighted by atomic mass is 9.67. The van der Waals surface area contributed by atoms with Crippen LogP contribution in [0.3, 0.4) is 0 Å². The van der Waals surface area contributed by atoms with Crippen molar-refractivity contribution < 1.29 is 9.53 Å². The standard InChI is InChI=1S/C15H23N3O2/c1-20-10-8-15(6-4-7-15)12-18-14(19)17-11-13-5-2-3-9-16-13/h2-3,5,9H,4,6-8,10-12H2,1H3,(H2,17,18,19). The minimum absolute atomic E-state index is 0.126. The Morgan fingerprint density at radius 3 is 2.85 bits per heavy atom. The number of nitrogens with zero attached hydrogens (tertiary/aromatic N) is 1. The van der Waals surface area contributed by atoms with Crippen LogP contribution in [0.15, 0.2) is 24.4 Å². The Morgan fingerprint density at radius 1 is 1.40 bits per heavy atom. The zero-order chi connectivity index (χ0) is 14.3. The molecule has 20 heavy (non-hydrogen) atoms. The first-order chi connectivity index (χ1) is 9.74. The predicted octanol–water partition coefficient (Wildman–Crippen LogP) is 2.09. The minimum Gasteiger partial charge on any atom is -0.385 e. The second-order valence-corrected chi connectivity index (χ2v) is 5.45. The van der Waals surface area contributed by atoms with Crippen LogP contribution in [-0.4, -0.2) is 31.3 Å². The van der Waals surface area contributed by atoms with Gasteiger partial charge in [0.2, 0.25) is 0 Å². The quantitative estimate of drug-likeness (QED) is 0.802. The molecule has 2 rings (SSSR count). The summed E-state index contributed by atoms with van der Waals surface area (Å²) < 4.78 is 5.15. The number of amides is 2. The smallest absolute Gasteiger partial charge is 0.315 e. The van der Waals surface area contributed by atoms with Crippen molar-refractivity contribution in [3.05, 3.63) is 30.1 Å². The first-order valence-corrected chi connectivity index (χ1v) is 7.15. The molecule has 0 unspecified atom stereocenters. The maximum atomic E-state index is 11.8. The Labute approximate surface area is 120 Å². The molecule has 0 bridgehead atoms. The predicted molar refractivity (Wildman–Crippen MR) is 77.3 cm³/mol. The Hall–Kier alpha value is -1.62. The lowest BCUT2D eigenvalue weighted by molar-refractivity contribution is 0.0712. The SMILES string of the molecule is COCCC1(CNC(=O)NCc2ccccn2)CCC1. The van der Waals surface area contributed by atoms with Crippen molar-refractivity contribution in [1.29, 1.82) is 0 Å². The van der Waals surface area contributed by atoms with E-state index >= 15 is 0 Å². The van der Waals surface area contributed by atoms with Crippen LogP contribution >= 0.6 is 0 Å². The highest BCUT2D eigenvalue weighted by Crippen LogP contribution is 2.43. The van der Waals surface area contributed by atoms with Gasteiger partial charge in [-0.05, 0) is 36.8 Å². The molecule has 110 valence electrons. The fraction of sp³-hybridized carbons (Fsp3) is 0.600. The average Bonchev–Trinajstić information content (AvgIpc) is 2.45. The van der Waals surface area contributed by atoms with Crippen LogP contribution in [0.4, 0.5) is 4.79 Å². The largest absolute Gasteiger partial charge is 0.385 e. The molecule has 1 saturated carbocycles. The highest BCUT2D eigenvalue weighted by atomic mass is 16.5. The van der Waals surface area contributed by atoms with Crippen LogP contribution in [0.5, 0.6) is 0 Å². The molecule has 2 amide bonds. The molecule has 1 fully saturated rings. The minimum atomic E-state index is -0.126. The molecule has 0 saturated heterocycles. The fourth-order valence-electron chi connectivity index (χ4n) is 2.51. The number of hydrogen-bond acceptors (Lipinski definition) is 3. The van der Waals surface area contributed by atoms with E-state index in [1.165, 1.54) is 19.3 Å². The molecule has 0 aromatic carbocycles. The van der Waals surface area contributed by atoms with Gasteiger partial charge in [0.1, 0.15) is 0 Å². The van der Waals surface area contributed by atoms with Gasteiger partial charge in [-0.3, -0.25) is 4.98 Å². The summed E-state index contributed by atoms with van der Waals surface area (Å²) in [6, 6.07) is 5.54. The van der Waals surface area contributed by atoms with Gasteiger partial charge < -0.3 is 15.4 Å². The number of hydrogen-bond donors (Lipinski definition) is 2. The molecule has 1 heterocycles. The van der Waals surface area contributed by atoms with Gasteiger partial charge in [0.25, 0.3) is 0 Å². The Bertz CT molecular complexity index is 418. The summed E-state index contributed by atoms with van der Waals surface area (Å²) in [5.41, 5.74) is 1.11. The molecular weight excluding hydrogens is 254 g/mol. The molecule has 1 aliphatic rings. The second-order valence-electron chi connectivity index (χ2n) is 5.45.